The number of aryl methyl sites for hydroxylation is 2. The van der Waals surface area contributed by atoms with Crippen LogP contribution in [-0.4, -0.2) is 41.0 Å². The number of nitrogens with zero attached hydrogens (tertiary/aromatic N) is 4. The minimum atomic E-state index is 0.507. The van der Waals surface area contributed by atoms with Gasteiger partial charge in [-0.2, -0.15) is 0 Å². The Morgan fingerprint density at radius 1 is 1.33 bits per heavy atom. The third-order valence-electron chi connectivity index (χ3n) is 4.07. The van der Waals surface area contributed by atoms with E-state index in [1.807, 2.05) is 30.5 Å². The van der Waals surface area contributed by atoms with E-state index in [2.05, 4.69) is 45.9 Å². The van der Waals surface area contributed by atoms with E-state index in [0.29, 0.717) is 6.04 Å². The fraction of sp³-hybridized carbons (Fsp3) is 0.500. The van der Waals surface area contributed by atoms with Crippen LogP contribution in [0.4, 0.5) is 5.95 Å². The molecule has 1 atom stereocenters. The molecule has 1 aliphatic heterocycles. The molecule has 1 fully saturated rings. The van der Waals surface area contributed by atoms with Crippen LogP contribution in [0.25, 0.3) is 0 Å². The highest BCUT2D eigenvalue weighted by molar-refractivity contribution is 7.11. The number of likely N-dealkylation sites (tertiary alicyclic amines) is 1. The molecule has 0 saturated carbocycles. The lowest BCUT2D eigenvalue weighted by atomic mass is 10.2. The van der Waals surface area contributed by atoms with Crippen LogP contribution in [0.3, 0.4) is 0 Å². The van der Waals surface area contributed by atoms with E-state index in [9.17, 15) is 0 Å². The zero-order valence-electron chi connectivity index (χ0n) is 12.9. The molecule has 4 nitrogen and oxygen atoms in total. The first-order valence-electron chi connectivity index (χ1n) is 7.42. The molecule has 21 heavy (non-hydrogen) atoms. The topological polar surface area (TPSA) is 32.3 Å². The maximum atomic E-state index is 4.53. The van der Waals surface area contributed by atoms with Crippen molar-refractivity contribution in [3.05, 3.63) is 39.8 Å². The summed E-state index contributed by atoms with van der Waals surface area (Å²) in [7, 11) is 2.11. The molecule has 0 bridgehead atoms. The fourth-order valence-corrected chi connectivity index (χ4v) is 3.76. The van der Waals surface area contributed by atoms with Crippen molar-refractivity contribution in [2.75, 3.05) is 25.0 Å². The van der Waals surface area contributed by atoms with E-state index in [4.69, 9.17) is 0 Å². The summed E-state index contributed by atoms with van der Waals surface area (Å²) < 4.78 is 0. The predicted molar refractivity (Wildman–Crippen MR) is 87.9 cm³/mol. The molecule has 0 amide bonds. The normalized spacial score (nSPS) is 19.1. The second kappa shape index (κ2) is 6.12. The largest absolute Gasteiger partial charge is 0.340 e. The van der Waals surface area contributed by atoms with Crippen molar-refractivity contribution >= 4 is 17.3 Å². The summed E-state index contributed by atoms with van der Waals surface area (Å²) in [5, 5.41) is 0. The van der Waals surface area contributed by atoms with Gasteiger partial charge in [0, 0.05) is 54.4 Å². The molecule has 0 aromatic carbocycles. The van der Waals surface area contributed by atoms with Crippen LogP contribution >= 0.6 is 11.3 Å². The van der Waals surface area contributed by atoms with Crippen LogP contribution in [0.2, 0.25) is 0 Å². The van der Waals surface area contributed by atoms with Crippen molar-refractivity contribution in [2.24, 2.45) is 0 Å². The zero-order chi connectivity index (χ0) is 14.8. The van der Waals surface area contributed by atoms with Crippen molar-refractivity contribution in [1.82, 2.24) is 14.9 Å². The molecule has 2 aromatic heterocycles. The Bertz CT molecular complexity index is 610. The number of anilines is 1. The predicted octanol–water partition coefficient (Wildman–Crippen LogP) is 2.87. The van der Waals surface area contributed by atoms with E-state index in [0.717, 1.165) is 31.3 Å². The summed E-state index contributed by atoms with van der Waals surface area (Å²) in [6.45, 7) is 7.49. The molecule has 2 aromatic rings. The second-order valence-corrected chi connectivity index (χ2v) is 7.17. The summed E-state index contributed by atoms with van der Waals surface area (Å²) >= 11 is 1.90. The van der Waals surface area contributed by atoms with Gasteiger partial charge in [0.15, 0.2) is 0 Å². The smallest absolute Gasteiger partial charge is 0.225 e. The van der Waals surface area contributed by atoms with Gasteiger partial charge in [0.05, 0.1) is 0 Å². The molecule has 0 radical (unpaired) electrons. The average molecular weight is 302 g/mol. The van der Waals surface area contributed by atoms with E-state index < -0.39 is 0 Å². The van der Waals surface area contributed by atoms with Crippen molar-refractivity contribution < 1.29 is 0 Å². The maximum Gasteiger partial charge on any atom is 0.225 e. The Balaban J connectivity index is 1.61. The number of aromatic nitrogens is 2. The van der Waals surface area contributed by atoms with Crippen LogP contribution in [0, 0.1) is 13.8 Å². The van der Waals surface area contributed by atoms with Gasteiger partial charge in [0.25, 0.3) is 0 Å². The molecule has 0 spiro atoms. The first kappa shape index (κ1) is 14.5. The Morgan fingerprint density at radius 3 is 2.90 bits per heavy atom. The van der Waals surface area contributed by atoms with Gasteiger partial charge in [-0.25, -0.2) is 9.97 Å². The third kappa shape index (κ3) is 3.41. The van der Waals surface area contributed by atoms with Crippen LogP contribution in [-0.2, 0) is 6.54 Å². The van der Waals surface area contributed by atoms with Crippen molar-refractivity contribution in [3.63, 3.8) is 0 Å². The standard InChI is InChI=1S/C16H22N4S/c1-12-6-8-17-16(18-12)19(3)14-7-9-20(10-14)11-15-5-4-13(2)21-15/h4-6,8,14H,7,9-11H2,1-3H3. The third-order valence-corrected chi connectivity index (χ3v) is 5.05. The van der Waals surface area contributed by atoms with E-state index in [-0.39, 0.29) is 0 Å². The molecule has 3 heterocycles. The highest BCUT2D eigenvalue weighted by Crippen LogP contribution is 2.23. The lowest BCUT2D eigenvalue weighted by molar-refractivity contribution is 0.328. The lowest BCUT2D eigenvalue weighted by Crippen LogP contribution is -2.35. The molecular weight excluding hydrogens is 280 g/mol. The summed E-state index contributed by atoms with van der Waals surface area (Å²) in [5.74, 6) is 0.841. The number of hydrogen-bond acceptors (Lipinski definition) is 5. The molecule has 0 aliphatic carbocycles. The zero-order valence-corrected chi connectivity index (χ0v) is 13.7. The monoisotopic (exact) mass is 302 g/mol. The van der Waals surface area contributed by atoms with Gasteiger partial charge in [-0.05, 0) is 38.5 Å². The first-order valence-corrected chi connectivity index (χ1v) is 8.23. The number of hydrogen-bond donors (Lipinski definition) is 0. The van der Waals surface area contributed by atoms with Crippen LogP contribution in [0.5, 0.6) is 0 Å². The van der Waals surface area contributed by atoms with Crippen molar-refractivity contribution in [3.8, 4) is 0 Å². The van der Waals surface area contributed by atoms with Gasteiger partial charge >= 0.3 is 0 Å². The van der Waals surface area contributed by atoms with Gasteiger partial charge in [-0.3, -0.25) is 4.90 Å². The maximum absolute atomic E-state index is 4.53. The van der Waals surface area contributed by atoms with Crippen LogP contribution in [0.15, 0.2) is 24.4 Å². The second-order valence-electron chi connectivity index (χ2n) is 5.80. The van der Waals surface area contributed by atoms with Crippen molar-refractivity contribution in [2.45, 2.75) is 32.9 Å². The Hall–Kier alpha value is -1.46. The summed E-state index contributed by atoms with van der Waals surface area (Å²) in [5.41, 5.74) is 1.02. The van der Waals surface area contributed by atoms with Gasteiger partial charge in [-0.1, -0.05) is 0 Å². The van der Waals surface area contributed by atoms with E-state index >= 15 is 0 Å². The van der Waals surface area contributed by atoms with Crippen LogP contribution < -0.4 is 4.90 Å². The summed E-state index contributed by atoms with van der Waals surface area (Å²) in [4.78, 5) is 16.5. The fourth-order valence-electron chi connectivity index (χ4n) is 2.83. The molecule has 3 rings (SSSR count). The molecule has 5 heteroatoms. The molecule has 112 valence electrons. The van der Waals surface area contributed by atoms with E-state index in [1.54, 1.807) is 0 Å². The van der Waals surface area contributed by atoms with Gasteiger partial charge in [-0.15, -0.1) is 11.3 Å². The number of thiophene rings is 1. The SMILES string of the molecule is Cc1ccnc(N(C)C2CCN(Cc3ccc(C)s3)C2)n1. The minimum Gasteiger partial charge on any atom is -0.340 e. The Kier molecular flexibility index (Phi) is 4.22. The van der Waals surface area contributed by atoms with Crippen LogP contribution in [0.1, 0.15) is 21.9 Å². The highest BCUT2D eigenvalue weighted by atomic mass is 32.1. The van der Waals surface area contributed by atoms with Gasteiger partial charge in [0.1, 0.15) is 0 Å². The minimum absolute atomic E-state index is 0.507. The summed E-state index contributed by atoms with van der Waals surface area (Å²) in [6.07, 6.45) is 3.02. The Labute approximate surface area is 130 Å². The van der Waals surface area contributed by atoms with Crippen molar-refractivity contribution in [1.29, 1.82) is 0 Å². The first-order chi connectivity index (χ1) is 10.1. The average Bonchev–Trinajstić information content (AvgIpc) is 3.08. The lowest BCUT2D eigenvalue weighted by Gasteiger charge is -2.25. The van der Waals surface area contributed by atoms with Gasteiger partial charge < -0.3 is 4.90 Å². The number of rotatable bonds is 4. The molecular formula is C16H22N4S. The molecule has 1 saturated heterocycles. The van der Waals surface area contributed by atoms with E-state index in [1.165, 1.54) is 16.2 Å². The molecule has 1 aliphatic rings. The summed E-state index contributed by atoms with van der Waals surface area (Å²) in [6, 6.07) is 6.91. The number of likely N-dealkylation sites (N-methyl/N-ethyl adjacent to an activating group) is 1. The highest BCUT2D eigenvalue weighted by Gasteiger charge is 2.27. The molecule has 1 unspecified atom stereocenters. The Morgan fingerprint density at radius 2 is 2.19 bits per heavy atom. The molecule has 0 N–H and O–H groups in total. The van der Waals surface area contributed by atoms with Gasteiger partial charge in [0.2, 0.25) is 5.95 Å². The quantitative estimate of drug-likeness (QED) is 0.869.